The summed E-state index contributed by atoms with van der Waals surface area (Å²) in [6.07, 6.45) is 10.2. The zero-order valence-corrected chi connectivity index (χ0v) is 33.0. The number of sulfonamides is 1. The number of carbonyl (C=O) groups excluding carboxylic acids is 4. The van der Waals surface area contributed by atoms with Crippen molar-refractivity contribution in [3.8, 4) is 11.1 Å². The summed E-state index contributed by atoms with van der Waals surface area (Å²) in [5, 5.41) is 5.10. The molecule has 5 unspecified atom stereocenters. The standard InChI is InChI=1S/C41H52N4O7S2/c1-5-30-25-41(30,37(48)44-54(50,51)32-22-23-32)43-35(46)34-26-40(31-20-18-29(19-21-31)28-15-11-10-12-16-28)27-45(34)36(47)33(42-38(49)52-39(2,3)4)17-13-8-6-7-9-14-24-53-40/h5,9-12,14-16,18-21,30,32-34H,1,6-8,13,17,22-27H2,2-4H3,(H,42,49)(H,43,46)(H,44,48). The Morgan fingerprint density at radius 1 is 0.944 bits per heavy atom. The summed E-state index contributed by atoms with van der Waals surface area (Å²) >= 11 is 1.65. The van der Waals surface area contributed by atoms with Crippen LogP contribution in [0.25, 0.3) is 11.1 Å². The Morgan fingerprint density at radius 3 is 2.30 bits per heavy atom. The zero-order valence-electron chi connectivity index (χ0n) is 31.3. The minimum Gasteiger partial charge on any atom is -0.444 e. The number of thioether (sulfide) groups is 1. The number of ether oxygens (including phenoxy) is 1. The fourth-order valence-corrected chi connectivity index (χ4v) is 10.2. The van der Waals surface area contributed by atoms with Gasteiger partial charge in [0, 0.05) is 18.2 Å². The topological polar surface area (TPSA) is 151 Å². The normalized spacial score (nSPS) is 27.6. The number of hydrogen-bond donors (Lipinski definition) is 3. The Morgan fingerprint density at radius 2 is 1.65 bits per heavy atom. The molecule has 2 saturated carbocycles. The molecular weight excluding hydrogens is 725 g/mol. The van der Waals surface area contributed by atoms with Gasteiger partial charge in [0.25, 0.3) is 5.91 Å². The molecule has 290 valence electrons. The Kier molecular flexibility index (Phi) is 11.7. The lowest BCUT2D eigenvalue weighted by atomic mass is 9.93. The van der Waals surface area contributed by atoms with Gasteiger partial charge in [-0.3, -0.25) is 19.1 Å². The fraction of sp³-hybridized carbons (Fsp3) is 0.512. The smallest absolute Gasteiger partial charge is 0.408 e. The van der Waals surface area contributed by atoms with Crippen molar-refractivity contribution in [2.75, 3.05) is 12.3 Å². The SMILES string of the molecule is C=CC1CC1(NC(=O)C1CC2(c3ccc(-c4ccccc4)cc3)CN1C(=O)C(NC(=O)OC(C)(C)C)CCCCCC=CCS2)C(=O)NS(=O)(=O)C1CC1. The number of alkyl carbamates (subject to hydrolysis) is 1. The van der Waals surface area contributed by atoms with Crippen molar-refractivity contribution >= 4 is 45.6 Å². The number of nitrogens with one attached hydrogen (secondary N) is 3. The summed E-state index contributed by atoms with van der Waals surface area (Å²) in [6, 6.07) is 16.2. The molecule has 2 aromatic rings. The predicted molar refractivity (Wildman–Crippen MR) is 211 cm³/mol. The van der Waals surface area contributed by atoms with Crippen LogP contribution in [0.3, 0.4) is 0 Å². The van der Waals surface area contributed by atoms with E-state index in [0.29, 0.717) is 31.4 Å². The monoisotopic (exact) mass is 776 g/mol. The van der Waals surface area contributed by atoms with E-state index in [-0.39, 0.29) is 19.4 Å². The molecule has 4 amide bonds. The van der Waals surface area contributed by atoms with Crippen molar-refractivity contribution in [3.63, 3.8) is 0 Å². The lowest BCUT2D eigenvalue weighted by molar-refractivity contribution is -0.141. The summed E-state index contributed by atoms with van der Waals surface area (Å²) < 4.78 is 32.6. The average molecular weight is 777 g/mol. The maximum Gasteiger partial charge on any atom is 0.408 e. The highest BCUT2D eigenvalue weighted by molar-refractivity contribution is 8.00. The predicted octanol–water partition coefficient (Wildman–Crippen LogP) is 5.97. The molecule has 2 bridgehead atoms. The molecule has 0 aromatic heterocycles. The van der Waals surface area contributed by atoms with Crippen LogP contribution in [0.2, 0.25) is 0 Å². The molecule has 2 heterocycles. The highest BCUT2D eigenvalue weighted by atomic mass is 32.2. The molecule has 1 saturated heterocycles. The molecule has 13 heteroatoms. The van der Waals surface area contributed by atoms with Crippen molar-refractivity contribution < 1.29 is 32.3 Å². The van der Waals surface area contributed by atoms with Gasteiger partial charge < -0.3 is 20.3 Å². The number of allylic oxidation sites excluding steroid dienone is 1. The Hall–Kier alpha value is -4.10. The molecule has 2 aliphatic heterocycles. The van der Waals surface area contributed by atoms with Crippen molar-refractivity contribution in [1.82, 2.24) is 20.3 Å². The van der Waals surface area contributed by atoms with Crippen LogP contribution in [0.1, 0.15) is 84.1 Å². The molecule has 3 N–H and O–H groups in total. The molecule has 11 nitrogen and oxygen atoms in total. The van der Waals surface area contributed by atoms with E-state index < -0.39 is 73.0 Å². The van der Waals surface area contributed by atoms with Crippen LogP contribution in [-0.2, 0) is 33.9 Å². The summed E-state index contributed by atoms with van der Waals surface area (Å²) in [6.45, 7) is 9.25. The van der Waals surface area contributed by atoms with Gasteiger partial charge in [-0.2, -0.15) is 0 Å². The fourth-order valence-electron chi connectivity index (χ4n) is 7.44. The first-order valence-corrected chi connectivity index (χ1v) is 21.5. The van der Waals surface area contributed by atoms with Gasteiger partial charge in [0.2, 0.25) is 21.8 Å². The van der Waals surface area contributed by atoms with Crippen molar-refractivity contribution in [2.45, 2.75) is 112 Å². The van der Waals surface area contributed by atoms with E-state index in [1.54, 1.807) is 43.5 Å². The summed E-state index contributed by atoms with van der Waals surface area (Å²) in [4.78, 5) is 57.7. The third-order valence-corrected chi connectivity index (χ3v) is 13.9. The second-order valence-corrected chi connectivity index (χ2v) is 19.3. The van der Waals surface area contributed by atoms with Crippen LogP contribution in [0.15, 0.2) is 79.4 Å². The first-order chi connectivity index (χ1) is 25.7. The van der Waals surface area contributed by atoms with E-state index in [9.17, 15) is 27.6 Å². The first kappa shape index (κ1) is 39.6. The summed E-state index contributed by atoms with van der Waals surface area (Å²) in [5.74, 6) is -1.62. The number of hydrogen-bond acceptors (Lipinski definition) is 8. The quantitative estimate of drug-likeness (QED) is 0.264. The van der Waals surface area contributed by atoms with Gasteiger partial charge in [-0.05, 0) is 82.4 Å². The van der Waals surface area contributed by atoms with E-state index in [4.69, 9.17) is 4.74 Å². The summed E-state index contributed by atoms with van der Waals surface area (Å²) in [7, 11) is -3.88. The Labute approximate surface area is 323 Å². The number of rotatable bonds is 9. The molecule has 2 aliphatic carbocycles. The zero-order chi connectivity index (χ0) is 38.7. The maximum atomic E-state index is 14.8. The molecule has 6 rings (SSSR count). The number of amides is 4. The highest BCUT2D eigenvalue weighted by Gasteiger charge is 2.62. The maximum absolute atomic E-state index is 14.8. The van der Waals surface area contributed by atoms with Crippen LogP contribution < -0.4 is 15.4 Å². The molecule has 3 fully saturated rings. The first-order valence-electron chi connectivity index (χ1n) is 18.9. The summed E-state index contributed by atoms with van der Waals surface area (Å²) in [5.41, 5.74) is 0.731. The third-order valence-electron chi connectivity index (χ3n) is 10.7. The van der Waals surface area contributed by atoms with Crippen LogP contribution in [-0.4, -0.2) is 77.9 Å². The number of benzene rings is 2. The second kappa shape index (κ2) is 15.9. The molecule has 4 aliphatic rings. The van der Waals surface area contributed by atoms with Gasteiger partial charge in [-0.15, -0.1) is 18.3 Å². The Balaban J connectivity index is 1.36. The second-order valence-electron chi connectivity index (χ2n) is 15.9. The van der Waals surface area contributed by atoms with E-state index in [1.807, 2.05) is 54.6 Å². The van der Waals surface area contributed by atoms with E-state index >= 15 is 0 Å². The number of fused-ring (bicyclic) bond motifs is 2. The molecule has 0 spiro atoms. The van der Waals surface area contributed by atoms with E-state index in [0.717, 1.165) is 36.0 Å². The lowest BCUT2D eigenvalue weighted by Gasteiger charge is -2.32. The largest absolute Gasteiger partial charge is 0.444 e. The Bertz CT molecular complexity index is 1870. The van der Waals surface area contributed by atoms with E-state index in [2.05, 4.69) is 34.1 Å². The van der Waals surface area contributed by atoms with Crippen LogP contribution in [0.5, 0.6) is 0 Å². The molecule has 5 atom stereocenters. The van der Waals surface area contributed by atoms with Crippen molar-refractivity contribution in [3.05, 3.63) is 85.0 Å². The van der Waals surface area contributed by atoms with Gasteiger partial charge in [-0.25, -0.2) is 13.2 Å². The number of nitrogens with zero attached hydrogens (tertiary/aromatic N) is 1. The lowest BCUT2D eigenvalue weighted by Crippen LogP contribution is -2.58. The highest BCUT2D eigenvalue weighted by Crippen LogP contribution is 2.50. The van der Waals surface area contributed by atoms with Gasteiger partial charge in [0.15, 0.2) is 0 Å². The minimum absolute atomic E-state index is 0.166. The van der Waals surface area contributed by atoms with Crippen molar-refractivity contribution in [2.24, 2.45) is 5.92 Å². The minimum atomic E-state index is -3.88. The third kappa shape index (κ3) is 9.05. The van der Waals surface area contributed by atoms with Crippen LogP contribution in [0, 0.1) is 5.92 Å². The molecule has 54 heavy (non-hydrogen) atoms. The van der Waals surface area contributed by atoms with Gasteiger partial charge in [-0.1, -0.05) is 85.7 Å². The van der Waals surface area contributed by atoms with Crippen LogP contribution >= 0.6 is 11.8 Å². The molecule has 2 aromatic carbocycles. The van der Waals surface area contributed by atoms with Gasteiger partial charge in [0.1, 0.15) is 23.2 Å². The van der Waals surface area contributed by atoms with E-state index in [1.165, 1.54) is 0 Å². The molecule has 0 radical (unpaired) electrons. The van der Waals surface area contributed by atoms with Gasteiger partial charge in [0.05, 0.1) is 10.00 Å². The number of carbonyl (C=O) groups is 4. The van der Waals surface area contributed by atoms with Gasteiger partial charge >= 0.3 is 6.09 Å². The molecular formula is C41H52N4O7S2. The average Bonchev–Trinajstić information content (AvgIpc) is 4.06. The van der Waals surface area contributed by atoms with Crippen molar-refractivity contribution in [1.29, 1.82) is 0 Å². The van der Waals surface area contributed by atoms with Crippen LogP contribution in [0.4, 0.5) is 4.79 Å².